The first-order valence-corrected chi connectivity index (χ1v) is 24.5. The zero-order valence-corrected chi connectivity index (χ0v) is 38.4. The minimum atomic E-state index is -4.69. The maximum Gasteiger partial charge on any atom is 0.434 e. The molecule has 3 N–H and O–H groups in total. The van der Waals surface area contributed by atoms with E-state index < -0.39 is 76.2 Å². The Morgan fingerprint density at radius 1 is 1.13 bits per heavy atom. The van der Waals surface area contributed by atoms with Crippen molar-refractivity contribution in [2.45, 2.75) is 49.8 Å². The molecule has 2 aromatic carbocycles. The molecular weight excluding hydrogens is 974 g/mol. The Morgan fingerprint density at radius 3 is 2.18 bits per heavy atom. The van der Waals surface area contributed by atoms with Gasteiger partial charge in [-0.05, 0) is 83.8 Å². The number of ketones is 1. The van der Waals surface area contributed by atoms with E-state index in [9.17, 15) is 49.8 Å². The quantitative estimate of drug-likeness (QED) is 0.0466. The van der Waals surface area contributed by atoms with Crippen molar-refractivity contribution >= 4 is 85.2 Å². The van der Waals surface area contributed by atoms with Gasteiger partial charge in [0, 0.05) is 35.4 Å². The van der Waals surface area contributed by atoms with E-state index in [4.69, 9.17) is 42.5 Å². The summed E-state index contributed by atoms with van der Waals surface area (Å²) < 4.78 is 97.4. The molecule has 5 rings (SSSR count). The second-order valence-electron chi connectivity index (χ2n) is 13.4. The van der Waals surface area contributed by atoms with Gasteiger partial charge in [-0.2, -0.15) is 18.3 Å². The number of hydrogen-bond donors (Lipinski definition) is 3. The number of carbonyl (C=O) groups is 3. The molecule has 332 valence electrons. The Bertz CT molecular complexity index is 2330. The van der Waals surface area contributed by atoms with Crippen molar-refractivity contribution in [1.29, 1.82) is 0 Å². The number of aryl methyl sites for hydroxylation is 1. The molecule has 0 bridgehead atoms. The summed E-state index contributed by atoms with van der Waals surface area (Å²) >= 11 is 14.5. The molecular formula is C35H40BrCl2F4N4O11PS2. The lowest BCUT2D eigenvalue weighted by molar-refractivity contribution is -0.193. The lowest BCUT2D eigenvalue weighted by atomic mass is 10.0. The maximum atomic E-state index is 14.3. The largest absolute Gasteiger partial charge is 0.778 e. The van der Waals surface area contributed by atoms with Gasteiger partial charge in [0.2, 0.25) is 0 Å². The van der Waals surface area contributed by atoms with Crippen LogP contribution in [0, 0.1) is 5.82 Å². The normalized spacial score (nSPS) is 13.6. The average molecular weight is 1010 g/mol. The zero-order valence-electron chi connectivity index (χ0n) is 32.8. The molecule has 0 aliphatic heterocycles. The summed E-state index contributed by atoms with van der Waals surface area (Å²) in [5, 5.41) is 17.4. The molecule has 0 spiro atoms. The Labute approximate surface area is 363 Å². The van der Waals surface area contributed by atoms with E-state index in [1.807, 2.05) is 5.32 Å². The van der Waals surface area contributed by atoms with Gasteiger partial charge < -0.3 is 28.7 Å². The first-order chi connectivity index (χ1) is 27.5. The van der Waals surface area contributed by atoms with Crippen molar-refractivity contribution in [3.8, 4) is 11.3 Å². The molecule has 1 aliphatic carbocycles. The van der Waals surface area contributed by atoms with Crippen LogP contribution in [0.25, 0.3) is 11.3 Å². The van der Waals surface area contributed by atoms with Crippen LogP contribution in [0.3, 0.4) is 0 Å². The van der Waals surface area contributed by atoms with E-state index in [0.717, 1.165) is 38.3 Å². The third-order valence-corrected chi connectivity index (χ3v) is 10.2. The fourth-order valence-corrected chi connectivity index (χ4v) is 7.18. The predicted octanol–water partition coefficient (Wildman–Crippen LogP) is 6.72. The van der Waals surface area contributed by atoms with Crippen LogP contribution in [0.1, 0.15) is 70.3 Å². The SMILES string of the molecule is CC(C)OC(=O)c1cc(-c2nn(C)c(C(F)(F)F)c2Br)c(F)cc1Cl.CS(=O)(=O)c1cc(Cl)ccc1C(=O)c1cnoc1C1CC1.C[S+](C)C.O=C(O)CNCP(=O)([O-])O. The number of halogens is 7. The van der Waals surface area contributed by atoms with Crippen LogP contribution in [0.5, 0.6) is 0 Å². The monoisotopic (exact) mass is 1010 g/mol. The predicted molar refractivity (Wildman–Crippen MR) is 219 cm³/mol. The molecule has 2 aromatic heterocycles. The van der Waals surface area contributed by atoms with Crippen LogP contribution in [0.2, 0.25) is 10.0 Å². The highest BCUT2D eigenvalue weighted by Gasteiger charge is 2.39. The Kier molecular flexibility index (Phi) is 19.5. The molecule has 1 unspecified atom stereocenters. The zero-order chi connectivity index (χ0) is 46.1. The van der Waals surface area contributed by atoms with E-state index in [1.54, 1.807) is 13.8 Å². The van der Waals surface area contributed by atoms with Crippen LogP contribution in [0.15, 0.2) is 50.4 Å². The number of ether oxygens (including phenoxy) is 1. The van der Waals surface area contributed by atoms with Crippen LogP contribution in [-0.2, 0) is 48.1 Å². The number of carboxylic acid groups (broad SMARTS) is 1. The summed E-state index contributed by atoms with van der Waals surface area (Å²) in [5.74, 6) is -2.57. The fourth-order valence-electron chi connectivity index (χ4n) is 4.64. The highest BCUT2D eigenvalue weighted by molar-refractivity contribution is 9.10. The molecule has 0 saturated heterocycles. The summed E-state index contributed by atoms with van der Waals surface area (Å²) in [6.07, 6.45) is 5.03. The summed E-state index contributed by atoms with van der Waals surface area (Å²) in [5.41, 5.74) is -1.45. The summed E-state index contributed by atoms with van der Waals surface area (Å²) in [4.78, 5) is 52.4. The van der Waals surface area contributed by atoms with Gasteiger partial charge in [-0.1, -0.05) is 28.4 Å². The van der Waals surface area contributed by atoms with Crippen molar-refractivity contribution in [3.05, 3.63) is 85.0 Å². The average Bonchev–Trinajstić information content (AvgIpc) is 3.71. The van der Waals surface area contributed by atoms with Gasteiger partial charge in [-0.15, -0.1) is 0 Å². The fraction of sp³-hybridized carbons (Fsp3) is 0.400. The number of hydrogen-bond acceptors (Lipinski definition) is 12. The molecule has 25 heteroatoms. The van der Waals surface area contributed by atoms with Crippen LogP contribution in [-0.4, -0.2) is 95.0 Å². The number of nitrogens with zero attached hydrogens (tertiary/aromatic N) is 3. The number of carbonyl (C=O) groups excluding carboxylic acids is 2. The summed E-state index contributed by atoms with van der Waals surface area (Å²) in [6.45, 7) is 2.75. The number of esters is 1. The molecule has 4 aromatic rings. The summed E-state index contributed by atoms with van der Waals surface area (Å²) in [7, 11) is -6.19. The maximum absolute atomic E-state index is 14.3. The highest BCUT2D eigenvalue weighted by atomic mass is 79.9. The number of nitrogens with one attached hydrogen (secondary N) is 1. The first-order valence-electron chi connectivity index (χ1n) is 16.9. The van der Waals surface area contributed by atoms with Gasteiger partial charge in [-0.3, -0.25) is 19.6 Å². The molecule has 1 atom stereocenters. The summed E-state index contributed by atoms with van der Waals surface area (Å²) in [6, 6.07) is 6.06. The number of carboxylic acids is 1. The van der Waals surface area contributed by atoms with Crippen molar-refractivity contribution in [2.24, 2.45) is 7.05 Å². The number of sulfone groups is 1. The van der Waals surface area contributed by atoms with Crippen molar-refractivity contribution < 1.29 is 69.1 Å². The van der Waals surface area contributed by atoms with Crippen molar-refractivity contribution in [1.82, 2.24) is 20.3 Å². The van der Waals surface area contributed by atoms with Gasteiger partial charge in [0.1, 0.15) is 19.1 Å². The molecule has 15 nitrogen and oxygen atoms in total. The molecule has 1 fully saturated rings. The van der Waals surface area contributed by atoms with E-state index in [2.05, 4.69) is 45.0 Å². The minimum absolute atomic E-state index is 0.0806. The smallest absolute Gasteiger partial charge is 0.434 e. The molecule has 0 amide bonds. The standard InChI is InChI=1S/C15H12BrClF4N2O2.C14H12ClNO4S.C3H8NO5P.C3H9S/c1-6(2)25-14(24)7-4-8(10(18)5-9(7)17)12-11(16)13(15(19,20)21)23(3)22-12;1-21(18,19)12-6-9(15)4-5-10(12)13(17)11-7-16-20-14(11)8-2-3-8;5-3(6)1-4-2-10(7,8)9;1-4(2)3/h4-6H,1-3H3;4-8H,2-3H2,1H3;4H,1-2H2,(H,5,6)(H2,7,8,9);1-3H3/q;;;+1/p-1. The number of aromatic nitrogens is 3. The van der Waals surface area contributed by atoms with Crippen molar-refractivity contribution in [2.75, 3.05) is 37.9 Å². The van der Waals surface area contributed by atoms with Crippen LogP contribution >= 0.6 is 46.7 Å². The van der Waals surface area contributed by atoms with Crippen molar-refractivity contribution in [3.63, 3.8) is 0 Å². The third kappa shape index (κ3) is 16.5. The van der Waals surface area contributed by atoms with Crippen LogP contribution < -0.4 is 10.2 Å². The van der Waals surface area contributed by atoms with E-state index in [1.165, 1.54) is 24.4 Å². The van der Waals surface area contributed by atoms with Gasteiger partial charge in [0.05, 0.1) is 69.4 Å². The first kappa shape index (κ1) is 52.8. The van der Waals surface area contributed by atoms with Crippen LogP contribution in [0.4, 0.5) is 17.6 Å². The Morgan fingerprint density at radius 2 is 1.72 bits per heavy atom. The third-order valence-electron chi connectivity index (χ3n) is 7.10. The highest BCUT2D eigenvalue weighted by Crippen LogP contribution is 2.43. The molecule has 0 radical (unpaired) electrons. The second-order valence-corrected chi connectivity index (χ2v) is 21.0. The molecule has 60 heavy (non-hydrogen) atoms. The minimum Gasteiger partial charge on any atom is -0.778 e. The molecule has 1 aliphatic rings. The lowest BCUT2D eigenvalue weighted by Gasteiger charge is -2.14. The number of benzene rings is 2. The van der Waals surface area contributed by atoms with E-state index in [0.29, 0.717) is 26.9 Å². The number of rotatable bonds is 11. The van der Waals surface area contributed by atoms with Gasteiger partial charge in [0.15, 0.2) is 27.1 Å². The van der Waals surface area contributed by atoms with Gasteiger partial charge in [-0.25, -0.2) is 17.6 Å². The number of alkyl halides is 3. The molecule has 1 saturated carbocycles. The van der Waals surface area contributed by atoms with Gasteiger partial charge >= 0.3 is 18.1 Å². The molecule has 2 heterocycles. The topological polar surface area (TPSA) is 231 Å². The second kappa shape index (κ2) is 22.1. The lowest BCUT2D eigenvalue weighted by Crippen LogP contribution is -2.25. The van der Waals surface area contributed by atoms with Gasteiger partial charge in [0.25, 0.3) is 0 Å². The van der Waals surface area contributed by atoms with E-state index in [-0.39, 0.29) is 43.2 Å². The Balaban J connectivity index is 0.000000318. The Hall–Kier alpha value is -3.34. The number of aliphatic carboxylic acids is 1. The van der Waals surface area contributed by atoms with E-state index >= 15 is 0 Å².